The Balaban J connectivity index is 1.83. The van der Waals surface area contributed by atoms with Crippen LogP contribution in [0.4, 0.5) is 5.69 Å². The van der Waals surface area contributed by atoms with Crippen LogP contribution < -0.4 is 14.4 Å². The van der Waals surface area contributed by atoms with Gasteiger partial charge in [-0.1, -0.05) is 83.9 Å². The van der Waals surface area contributed by atoms with Gasteiger partial charge in [-0.15, -0.1) is 0 Å². The molecule has 0 aromatic heterocycles. The number of nitrogens with one attached hydrogen (secondary N) is 1. The predicted octanol–water partition coefficient (Wildman–Crippen LogP) is 5.97. The first-order valence-corrected chi connectivity index (χ1v) is 16.1. The summed E-state index contributed by atoms with van der Waals surface area (Å²) in [4.78, 5) is 29.4. The van der Waals surface area contributed by atoms with Crippen LogP contribution in [-0.2, 0) is 32.6 Å². The second-order valence-corrected chi connectivity index (χ2v) is 12.6. The number of sulfonamides is 1. The number of hydrogen-bond acceptors (Lipinski definition) is 5. The lowest BCUT2D eigenvalue weighted by Crippen LogP contribution is -2.53. The topological polar surface area (TPSA) is 96.0 Å². The van der Waals surface area contributed by atoms with Gasteiger partial charge in [0.2, 0.25) is 11.8 Å². The first kappa shape index (κ1) is 32.9. The van der Waals surface area contributed by atoms with Crippen LogP contribution in [0.1, 0.15) is 18.1 Å². The Morgan fingerprint density at radius 2 is 1.45 bits per heavy atom. The number of carbonyl (C=O) groups excluding carboxylic acids is 2. The third-order valence-electron chi connectivity index (χ3n) is 6.91. The van der Waals surface area contributed by atoms with Crippen LogP contribution in [-0.4, -0.2) is 51.4 Å². The summed E-state index contributed by atoms with van der Waals surface area (Å²) in [5.74, 6) is -0.763. The van der Waals surface area contributed by atoms with Crippen molar-refractivity contribution >= 4 is 50.7 Å². The number of hydrogen-bond donors (Lipinski definition) is 1. The Hall–Kier alpha value is -4.05. The van der Waals surface area contributed by atoms with E-state index in [9.17, 15) is 18.0 Å². The van der Waals surface area contributed by atoms with E-state index < -0.39 is 28.5 Å². The molecular formula is C33H33Cl2N3O5S. The maximum Gasteiger partial charge on any atom is 0.264 e. The average molecular weight is 655 g/mol. The minimum absolute atomic E-state index is 0.0243. The van der Waals surface area contributed by atoms with Crippen LogP contribution in [0.2, 0.25) is 10.0 Å². The van der Waals surface area contributed by atoms with E-state index in [-0.39, 0.29) is 40.2 Å². The molecule has 4 aromatic rings. The maximum absolute atomic E-state index is 14.4. The number of ether oxygens (including phenoxy) is 1. The quantitative estimate of drug-likeness (QED) is 0.192. The summed E-state index contributed by atoms with van der Waals surface area (Å²) in [5, 5.41) is 3.61. The number of carbonyl (C=O) groups is 2. The standard InChI is InChI=1S/C33H33Cl2N3O5S/c1-3-36-33(40)30(20-24-10-6-4-7-11-24)37(22-25-14-16-26(34)17-15-25)32(39)23-38(29-21-27(35)18-19-31(29)43-2)44(41,42)28-12-8-5-9-13-28/h4-19,21,30H,3,20,22-23H2,1-2H3,(H,36,40)/t30-/m1/s1. The Labute approximate surface area is 268 Å². The van der Waals surface area contributed by atoms with Gasteiger partial charge in [-0.25, -0.2) is 8.42 Å². The van der Waals surface area contributed by atoms with Gasteiger partial charge in [-0.2, -0.15) is 0 Å². The summed E-state index contributed by atoms with van der Waals surface area (Å²) in [5.41, 5.74) is 1.63. The lowest BCUT2D eigenvalue weighted by molar-refractivity contribution is -0.140. The highest BCUT2D eigenvalue weighted by Gasteiger charge is 2.35. The van der Waals surface area contributed by atoms with Crippen LogP contribution in [0, 0.1) is 0 Å². The molecule has 8 nitrogen and oxygen atoms in total. The Kier molecular flexibility index (Phi) is 11.3. The molecule has 0 spiro atoms. The third kappa shape index (κ3) is 8.11. The van der Waals surface area contributed by atoms with Crippen molar-refractivity contribution in [2.45, 2.75) is 30.8 Å². The molecule has 2 amide bonds. The Morgan fingerprint density at radius 3 is 2.07 bits per heavy atom. The van der Waals surface area contributed by atoms with Gasteiger partial charge in [-0.3, -0.25) is 13.9 Å². The first-order valence-electron chi connectivity index (χ1n) is 13.9. The molecule has 230 valence electrons. The van der Waals surface area contributed by atoms with Gasteiger partial charge in [-0.05, 0) is 60.5 Å². The molecule has 0 aliphatic rings. The zero-order chi connectivity index (χ0) is 31.7. The second-order valence-electron chi connectivity index (χ2n) is 9.89. The zero-order valence-corrected chi connectivity index (χ0v) is 26.6. The summed E-state index contributed by atoms with van der Waals surface area (Å²) < 4.78 is 34.7. The summed E-state index contributed by atoms with van der Waals surface area (Å²) >= 11 is 12.4. The smallest absolute Gasteiger partial charge is 0.264 e. The zero-order valence-electron chi connectivity index (χ0n) is 24.3. The molecule has 0 unspecified atom stereocenters. The maximum atomic E-state index is 14.4. The van der Waals surface area contributed by atoms with Crippen molar-refractivity contribution in [2.75, 3.05) is 24.5 Å². The number of rotatable bonds is 13. The largest absolute Gasteiger partial charge is 0.495 e. The molecule has 1 atom stereocenters. The number of amides is 2. The van der Waals surface area contributed by atoms with Gasteiger partial charge < -0.3 is 15.0 Å². The van der Waals surface area contributed by atoms with Crippen molar-refractivity contribution < 1.29 is 22.7 Å². The Bertz CT molecular complexity index is 1670. The van der Waals surface area contributed by atoms with E-state index in [1.54, 1.807) is 55.5 Å². The molecule has 4 aromatic carbocycles. The molecular weight excluding hydrogens is 621 g/mol. The van der Waals surface area contributed by atoms with Gasteiger partial charge in [0.1, 0.15) is 18.3 Å². The minimum Gasteiger partial charge on any atom is -0.495 e. The van der Waals surface area contributed by atoms with Gasteiger partial charge in [0.25, 0.3) is 10.0 Å². The first-order chi connectivity index (χ1) is 21.1. The van der Waals surface area contributed by atoms with Gasteiger partial charge in [0, 0.05) is 29.6 Å². The van der Waals surface area contributed by atoms with Gasteiger partial charge in [0.15, 0.2) is 0 Å². The number of methoxy groups -OCH3 is 1. The van der Waals surface area contributed by atoms with E-state index in [0.29, 0.717) is 17.1 Å². The number of benzene rings is 4. The molecule has 44 heavy (non-hydrogen) atoms. The Morgan fingerprint density at radius 1 is 0.841 bits per heavy atom. The van der Waals surface area contributed by atoms with Gasteiger partial charge >= 0.3 is 0 Å². The molecule has 0 radical (unpaired) electrons. The molecule has 0 heterocycles. The summed E-state index contributed by atoms with van der Waals surface area (Å²) in [7, 11) is -2.89. The van der Waals surface area contributed by atoms with E-state index >= 15 is 0 Å². The lowest BCUT2D eigenvalue weighted by Gasteiger charge is -2.34. The van der Waals surface area contributed by atoms with Crippen molar-refractivity contribution in [3.05, 3.63) is 124 Å². The van der Waals surface area contributed by atoms with Crippen LogP contribution in [0.5, 0.6) is 5.75 Å². The van der Waals surface area contributed by atoms with Crippen molar-refractivity contribution in [2.24, 2.45) is 0 Å². The molecule has 0 saturated carbocycles. The van der Waals surface area contributed by atoms with Crippen LogP contribution in [0.15, 0.2) is 108 Å². The molecule has 0 aliphatic heterocycles. The number of halogens is 2. The van der Waals surface area contributed by atoms with E-state index in [2.05, 4.69) is 5.32 Å². The normalized spacial score (nSPS) is 11.8. The van der Waals surface area contributed by atoms with Crippen molar-refractivity contribution in [1.82, 2.24) is 10.2 Å². The average Bonchev–Trinajstić information content (AvgIpc) is 3.03. The summed E-state index contributed by atoms with van der Waals surface area (Å²) in [6, 6.07) is 27.6. The van der Waals surface area contributed by atoms with Crippen molar-refractivity contribution in [3.63, 3.8) is 0 Å². The molecule has 4 rings (SSSR count). The molecule has 0 bridgehead atoms. The number of anilines is 1. The van der Waals surface area contributed by atoms with Crippen molar-refractivity contribution in [1.29, 1.82) is 0 Å². The highest BCUT2D eigenvalue weighted by Crippen LogP contribution is 2.35. The predicted molar refractivity (Wildman–Crippen MR) is 174 cm³/mol. The number of likely N-dealkylation sites (N-methyl/N-ethyl adjacent to an activating group) is 1. The summed E-state index contributed by atoms with van der Waals surface area (Å²) in [6.07, 6.45) is 0.206. The van der Waals surface area contributed by atoms with E-state index in [0.717, 1.165) is 9.87 Å². The fourth-order valence-corrected chi connectivity index (χ4v) is 6.45. The molecule has 0 saturated heterocycles. The van der Waals surface area contributed by atoms with Crippen LogP contribution >= 0.6 is 23.2 Å². The fourth-order valence-electron chi connectivity index (χ4n) is 4.72. The minimum atomic E-state index is -4.30. The van der Waals surface area contributed by atoms with Crippen LogP contribution in [0.3, 0.4) is 0 Å². The molecule has 1 N–H and O–H groups in total. The lowest BCUT2D eigenvalue weighted by atomic mass is 10.0. The molecule has 0 fully saturated rings. The van der Waals surface area contributed by atoms with Crippen LogP contribution in [0.25, 0.3) is 0 Å². The van der Waals surface area contributed by atoms with E-state index in [1.807, 2.05) is 30.3 Å². The molecule has 11 heteroatoms. The van der Waals surface area contributed by atoms with Gasteiger partial charge in [0.05, 0.1) is 17.7 Å². The second kappa shape index (κ2) is 15.1. The number of nitrogens with zero attached hydrogens (tertiary/aromatic N) is 2. The van der Waals surface area contributed by atoms with E-state index in [1.165, 1.54) is 36.3 Å². The third-order valence-corrected chi connectivity index (χ3v) is 9.17. The molecule has 0 aliphatic carbocycles. The highest BCUT2D eigenvalue weighted by atomic mass is 35.5. The monoisotopic (exact) mass is 653 g/mol. The fraction of sp³-hybridized carbons (Fsp3) is 0.212. The van der Waals surface area contributed by atoms with E-state index in [4.69, 9.17) is 27.9 Å². The SMILES string of the molecule is CCNC(=O)[C@@H](Cc1ccccc1)N(Cc1ccc(Cl)cc1)C(=O)CN(c1cc(Cl)ccc1OC)S(=O)(=O)c1ccccc1. The highest BCUT2D eigenvalue weighted by molar-refractivity contribution is 7.92. The van der Waals surface area contributed by atoms with Crippen molar-refractivity contribution in [3.8, 4) is 5.75 Å². The summed E-state index contributed by atoms with van der Waals surface area (Å²) in [6.45, 7) is 1.53.